The number of aromatic nitrogens is 3. The molecule has 0 aliphatic rings. The lowest BCUT2D eigenvalue weighted by Gasteiger charge is -2.20. The minimum Gasteiger partial charge on any atom is -0.263 e. The Morgan fingerprint density at radius 1 is 1.36 bits per heavy atom. The van der Waals surface area contributed by atoms with Crippen molar-refractivity contribution in [2.45, 2.75) is 31.7 Å². The number of aromatic amines is 1. The second kappa shape index (κ2) is 6.31. The highest BCUT2D eigenvalue weighted by molar-refractivity contribution is 7.89. The van der Waals surface area contributed by atoms with Crippen LogP contribution in [-0.4, -0.2) is 23.6 Å². The molecule has 0 fully saturated rings. The smallest absolute Gasteiger partial charge is 0.245 e. The van der Waals surface area contributed by atoms with Crippen LogP contribution in [-0.2, 0) is 10.0 Å². The van der Waals surface area contributed by atoms with Crippen molar-refractivity contribution < 1.29 is 12.8 Å². The maximum Gasteiger partial charge on any atom is 0.245 e. The highest BCUT2D eigenvalue weighted by Crippen LogP contribution is 2.27. The second-order valence-corrected chi connectivity index (χ2v) is 7.23. The molecule has 0 saturated carbocycles. The Bertz CT molecular complexity index is 756. The van der Waals surface area contributed by atoms with Crippen molar-refractivity contribution >= 4 is 21.6 Å². The fraction of sp³-hybridized carbons (Fsp3) is 0.385. The van der Waals surface area contributed by atoms with Gasteiger partial charge in [0.05, 0.1) is 11.1 Å². The van der Waals surface area contributed by atoms with Gasteiger partial charge in [-0.15, -0.1) is 0 Å². The highest BCUT2D eigenvalue weighted by atomic mass is 35.5. The summed E-state index contributed by atoms with van der Waals surface area (Å²) in [6.07, 6.45) is 0. The molecule has 1 aromatic heterocycles. The van der Waals surface area contributed by atoms with E-state index < -0.39 is 26.8 Å². The van der Waals surface area contributed by atoms with Gasteiger partial charge in [0.2, 0.25) is 10.0 Å². The van der Waals surface area contributed by atoms with Crippen LogP contribution in [0.15, 0.2) is 23.1 Å². The molecular weight excluding hydrogens is 331 g/mol. The zero-order valence-corrected chi connectivity index (χ0v) is 13.8. The van der Waals surface area contributed by atoms with E-state index in [4.69, 9.17) is 11.6 Å². The maximum atomic E-state index is 13.9. The lowest BCUT2D eigenvalue weighted by Crippen LogP contribution is -2.33. The summed E-state index contributed by atoms with van der Waals surface area (Å²) in [6, 6.07) is 3.00. The number of nitrogens with one attached hydrogen (secondary N) is 2. The number of benzene rings is 1. The fourth-order valence-corrected chi connectivity index (χ4v) is 3.90. The van der Waals surface area contributed by atoms with E-state index in [0.29, 0.717) is 11.6 Å². The van der Waals surface area contributed by atoms with Crippen molar-refractivity contribution in [2.75, 3.05) is 0 Å². The standard InChI is InChI=1S/C13H16ClFN4O2S/c1-7(2)11(13-16-8(3)17-18-13)19-22(20,21)12-9(14)5-4-6-10(12)15/h4-7,11,19H,1-3H3,(H,16,17,18)/t11-/m0/s1. The molecule has 0 aliphatic heterocycles. The molecule has 0 radical (unpaired) electrons. The molecule has 120 valence electrons. The molecule has 0 amide bonds. The Balaban J connectivity index is 2.41. The van der Waals surface area contributed by atoms with E-state index >= 15 is 0 Å². The van der Waals surface area contributed by atoms with E-state index in [9.17, 15) is 12.8 Å². The predicted octanol–water partition coefficient (Wildman–Crippen LogP) is 2.58. The fourth-order valence-electron chi connectivity index (χ4n) is 1.95. The van der Waals surface area contributed by atoms with Gasteiger partial charge in [-0.3, -0.25) is 5.10 Å². The van der Waals surface area contributed by atoms with Gasteiger partial charge in [-0.1, -0.05) is 31.5 Å². The quantitative estimate of drug-likeness (QED) is 0.871. The van der Waals surface area contributed by atoms with Crippen molar-refractivity contribution in [3.8, 4) is 0 Å². The molecule has 1 heterocycles. The average Bonchev–Trinajstić information content (AvgIpc) is 2.81. The summed E-state index contributed by atoms with van der Waals surface area (Å²) in [4.78, 5) is 3.56. The first-order valence-corrected chi connectivity index (χ1v) is 8.43. The third kappa shape index (κ3) is 3.45. The average molecular weight is 347 g/mol. The van der Waals surface area contributed by atoms with Gasteiger partial charge >= 0.3 is 0 Å². The molecule has 22 heavy (non-hydrogen) atoms. The van der Waals surface area contributed by atoms with Crippen LogP contribution in [0.1, 0.15) is 31.5 Å². The van der Waals surface area contributed by atoms with Gasteiger partial charge in [0, 0.05) is 0 Å². The van der Waals surface area contributed by atoms with Crippen LogP contribution in [0.25, 0.3) is 0 Å². The van der Waals surface area contributed by atoms with Gasteiger partial charge < -0.3 is 0 Å². The van der Waals surface area contributed by atoms with Gasteiger partial charge in [0.1, 0.15) is 16.5 Å². The first-order valence-electron chi connectivity index (χ1n) is 6.57. The van der Waals surface area contributed by atoms with E-state index in [1.165, 1.54) is 12.1 Å². The van der Waals surface area contributed by atoms with E-state index in [0.717, 1.165) is 6.07 Å². The maximum absolute atomic E-state index is 13.9. The Hall–Kier alpha value is -1.51. The molecule has 2 rings (SSSR count). The predicted molar refractivity (Wildman–Crippen MR) is 80.4 cm³/mol. The van der Waals surface area contributed by atoms with Gasteiger partial charge in [-0.2, -0.15) is 9.82 Å². The summed E-state index contributed by atoms with van der Waals surface area (Å²) in [5.74, 6) is -0.198. The number of hydrogen-bond acceptors (Lipinski definition) is 4. The Labute approximate surface area is 133 Å². The van der Waals surface area contributed by atoms with Gasteiger partial charge in [-0.25, -0.2) is 17.8 Å². The Morgan fingerprint density at radius 3 is 2.55 bits per heavy atom. The van der Waals surface area contributed by atoms with Crippen molar-refractivity contribution in [1.82, 2.24) is 19.9 Å². The van der Waals surface area contributed by atoms with Crippen LogP contribution in [0.4, 0.5) is 4.39 Å². The zero-order chi connectivity index (χ0) is 16.5. The molecule has 1 atom stereocenters. The molecule has 0 bridgehead atoms. The van der Waals surface area contributed by atoms with Gasteiger partial charge in [0.25, 0.3) is 0 Å². The monoisotopic (exact) mass is 346 g/mol. The van der Waals surface area contributed by atoms with Gasteiger partial charge in [-0.05, 0) is 25.0 Å². The summed E-state index contributed by atoms with van der Waals surface area (Å²) >= 11 is 5.83. The SMILES string of the molecule is Cc1nc([C@@H](NS(=O)(=O)c2c(F)cccc2Cl)C(C)C)n[nH]1. The first-order chi connectivity index (χ1) is 10.2. The lowest BCUT2D eigenvalue weighted by atomic mass is 10.1. The number of sulfonamides is 1. The van der Waals surface area contributed by atoms with Crippen LogP contribution in [0, 0.1) is 18.7 Å². The molecule has 2 aromatic rings. The van der Waals surface area contributed by atoms with Crippen molar-refractivity contribution in [1.29, 1.82) is 0 Å². The van der Waals surface area contributed by atoms with Crippen LogP contribution < -0.4 is 4.72 Å². The minimum absolute atomic E-state index is 0.143. The van der Waals surface area contributed by atoms with E-state index in [1.54, 1.807) is 6.92 Å². The second-order valence-electron chi connectivity index (χ2n) is 5.17. The van der Waals surface area contributed by atoms with Gasteiger partial charge in [0.15, 0.2) is 5.82 Å². The number of hydrogen-bond donors (Lipinski definition) is 2. The van der Waals surface area contributed by atoms with Crippen LogP contribution >= 0.6 is 11.6 Å². The molecule has 0 spiro atoms. The third-order valence-corrected chi connectivity index (χ3v) is 4.97. The summed E-state index contributed by atoms with van der Waals surface area (Å²) < 4.78 is 41.2. The molecular formula is C13H16ClFN4O2S. The number of H-pyrrole nitrogens is 1. The Morgan fingerprint density at radius 2 is 2.05 bits per heavy atom. The molecule has 0 saturated heterocycles. The van der Waals surface area contributed by atoms with Crippen molar-refractivity contribution in [3.05, 3.63) is 40.7 Å². The zero-order valence-electron chi connectivity index (χ0n) is 12.3. The van der Waals surface area contributed by atoms with Crippen LogP contribution in [0.3, 0.4) is 0 Å². The number of halogens is 2. The van der Waals surface area contributed by atoms with E-state index in [2.05, 4.69) is 19.9 Å². The van der Waals surface area contributed by atoms with Crippen molar-refractivity contribution in [3.63, 3.8) is 0 Å². The molecule has 1 aromatic carbocycles. The summed E-state index contributed by atoms with van der Waals surface area (Å²) in [5.41, 5.74) is 0. The van der Waals surface area contributed by atoms with Crippen molar-refractivity contribution in [2.24, 2.45) is 5.92 Å². The third-order valence-electron chi connectivity index (χ3n) is 3.03. The first kappa shape index (κ1) is 16.9. The molecule has 2 N–H and O–H groups in total. The Kier molecular flexibility index (Phi) is 4.84. The molecule has 0 aliphatic carbocycles. The van der Waals surface area contributed by atoms with Crippen LogP contribution in [0.2, 0.25) is 5.02 Å². The summed E-state index contributed by atoms with van der Waals surface area (Å²) in [6.45, 7) is 5.32. The number of aryl methyl sites for hydroxylation is 1. The molecule has 9 heteroatoms. The minimum atomic E-state index is -4.16. The summed E-state index contributed by atoms with van der Waals surface area (Å²) in [7, 11) is -4.16. The number of rotatable bonds is 5. The lowest BCUT2D eigenvalue weighted by molar-refractivity contribution is 0.443. The van der Waals surface area contributed by atoms with E-state index in [-0.39, 0.29) is 10.9 Å². The normalized spacial score (nSPS) is 13.5. The number of nitrogens with zero attached hydrogens (tertiary/aromatic N) is 2. The molecule has 6 nitrogen and oxygen atoms in total. The van der Waals surface area contributed by atoms with E-state index in [1.807, 2.05) is 13.8 Å². The van der Waals surface area contributed by atoms with Crippen LogP contribution in [0.5, 0.6) is 0 Å². The molecule has 0 unspecified atom stereocenters. The topological polar surface area (TPSA) is 87.7 Å². The highest BCUT2D eigenvalue weighted by Gasteiger charge is 2.30. The largest absolute Gasteiger partial charge is 0.263 e. The summed E-state index contributed by atoms with van der Waals surface area (Å²) in [5, 5.41) is 6.45.